The van der Waals surface area contributed by atoms with Crippen LogP contribution in [-0.4, -0.2) is 51.6 Å². The SMILES string of the molecule is CN(C)CCCCNS(=O)(=O)c1ccc(C(=O)O)cc1Br. The molecule has 1 aromatic rings. The van der Waals surface area contributed by atoms with Crippen molar-refractivity contribution in [2.24, 2.45) is 0 Å². The van der Waals surface area contributed by atoms with Crippen molar-refractivity contribution in [3.63, 3.8) is 0 Å². The van der Waals surface area contributed by atoms with Crippen molar-refractivity contribution in [3.8, 4) is 0 Å². The molecule has 1 rings (SSSR count). The van der Waals surface area contributed by atoms with Crippen molar-refractivity contribution in [1.82, 2.24) is 9.62 Å². The van der Waals surface area contributed by atoms with Gasteiger partial charge >= 0.3 is 5.97 Å². The van der Waals surface area contributed by atoms with Crippen LogP contribution in [0.3, 0.4) is 0 Å². The highest BCUT2D eigenvalue weighted by molar-refractivity contribution is 9.10. The second-order valence-electron chi connectivity index (χ2n) is 4.86. The van der Waals surface area contributed by atoms with Crippen LogP contribution in [0.2, 0.25) is 0 Å². The molecule has 0 fully saturated rings. The minimum atomic E-state index is -3.64. The van der Waals surface area contributed by atoms with Crippen molar-refractivity contribution < 1.29 is 18.3 Å². The average molecular weight is 379 g/mol. The van der Waals surface area contributed by atoms with E-state index in [0.29, 0.717) is 6.54 Å². The number of hydrogen-bond acceptors (Lipinski definition) is 4. The van der Waals surface area contributed by atoms with Crippen LogP contribution in [0.1, 0.15) is 23.2 Å². The van der Waals surface area contributed by atoms with E-state index in [1.54, 1.807) is 0 Å². The van der Waals surface area contributed by atoms with Gasteiger partial charge in [0.15, 0.2) is 0 Å². The van der Waals surface area contributed by atoms with Gasteiger partial charge in [-0.05, 0) is 67.6 Å². The third-order valence-corrected chi connectivity index (χ3v) is 5.23. The van der Waals surface area contributed by atoms with Crippen molar-refractivity contribution >= 4 is 31.9 Å². The van der Waals surface area contributed by atoms with Gasteiger partial charge in [-0.15, -0.1) is 0 Å². The van der Waals surface area contributed by atoms with Crippen LogP contribution in [0.15, 0.2) is 27.6 Å². The van der Waals surface area contributed by atoms with Gasteiger partial charge in [0.1, 0.15) is 0 Å². The quantitative estimate of drug-likeness (QED) is 0.673. The lowest BCUT2D eigenvalue weighted by Crippen LogP contribution is -2.26. The normalized spacial score (nSPS) is 11.8. The molecule has 0 aliphatic rings. The van der Waals surface area contributed by atoms with E-state index < -0.39 is 16.0 Å². The molecule has 0 aliphatic heterocycles. The van der Waals surface area contributed by atoms with Gasteiger partial charge in [-0.2, -0.15) is 0 Å². The molecule has 21 heavy (non-hydrogen) atoms. The van der Waals surface area contributed by atoms with E-state index in [9.17, 15) is 13.2 Å². The fourth-order valence-electron chi connectivity index (χ4n) is 1.69. The zero-order valence-electron chi connectivity index (χ0n) is 12.0. The highest BCUT2D eigenvalue weighted by Crippen LogP contribution is 2.23. The van der Waals surface area contributed by atoms with Gasteiger partial charge in [-0.25, -0.2) is 17.9 Å². The Bertz CT molecular complexity index is 602. The fourth-order valence-corrected chi connectivity index (χ4v) is 3.84. The molecule has 0 unspecified atom stereocenters. The average Bonchev–Trinajstić information content (AvgIpc) is 2.37. The molecule has 0 spiro atoms. The standard InChI is InChI=1S/C13H19BrN2O4S/c1-16(2)8-4-3-7-15-21(19,20)12-6-5-10(13(17)18)9-11(12)14/h5-6,9,15H,3-4,7-8H2,1-2H3,(H,17,18). The van der Waals surface area contributed by atoms with Gasteiger partial charge in [0.05, 0.1) is 10.5 Å². The van der Waals surface area contributed by atoms with Crippen molar-refractivity contribution in [2.75, 3.05) is 27.2 Å². The molecule has 0 saturated heterocycles. The van der Waals surface area contributed by atoms with E-state index in [1.165, 1.54) is 18.2 Å². The van der Waals surface area contributed by atoms with Crippen LogP contribution in [0, 0.1) is 0 Å². The number of unbranched alkanes of at least 4 members (excludes halogenated alkanes) is 1. The molecule has 0 atom stereocenters. The summed E-state index contributed by atoms with van der Waals surface area (Å²) in [5.41, 5.74) is 0.0341. The van der Waals surface area contributed by atoms with E-state index in [4.69, 9.17) is 5.11 Å². The van der Waals surface area contributed by atoms with Gasteiger partial charge in [-0.3, -0.25) is 0 Å². The van der Waals surface area contributed by atoms with Crippen molar-refractivity contribution in [2.45, 2.75) is 17.7 Å². The Morgan fingerprint density at radius 1 is 1.33 bits per heavy atom. The predicted octanol–water partition coefficient (Wildman–Crippen LogP) is 1.77. The van der Waals surface area contributed by atoms with Crippen LogP contribution >= 0.6 is 15.9 Å². The van der Waals surface area contributed by atoms with Crippen molar-refractivity contribution in [1.29, 1.82) is 0 Å². The van der Waals surface area contributed by atoms with Crippen LogP contribution in [0.5, 0.6) is 0 Å². The first-order valence-corrected chi connectivity index (χ1v) is 8.69. The van der Waals surface area contributed by atoms with Crippen LogP contribution < -0.4 is 4.72 Å². The van der Waals surface area contributed by atoms with E-state index in [-0.39, 0.29) is 14.9 Å². The maximum absolute atomic E-state index is 12.1. The van der Waals surface area contributed by atoms with E-state index >= 15 is 0 Å². The third kappa shape index (κ3) is 5.74. The number of halogens is 1. The largest absolute Gasteiger partial charge is 0.478 e. The first kappa shape index (κ1) is 18.1. The molecule has 118 valence electrons. The number of aromatic carboxylic acids is 1. The number of carboxylic acid groups (broad SMARTS) is 1. The Hall–Kier alpha value is -0.960. The molecule has 6 nitrogen and oxygen atoms in total. The molecular formula is C13H19BrN2O4S. The Balaban J connectivity index is 2.68. The monoisotopic (exact) mass is 378 g/mol. The second kappa shape index (κ2) is 7.88. The van der Waals surface area contributed by atoms with Gasteiger partial charge in [0, 0.05) is 11.0 Å². The lowest BCUT2D eigenvalue weighted by molar-refractivity contribution is 0.0696. The van der Waals surface area contributed by atoms with Crippen LogP contribution in [-0.2, 0) is 10.0 Å². The molecule has 0 bridgehead atoms. The number of sulfonamides is 1. The summed E-state index contributed by atoms with van der Waals surface area (Å²) in [4.78, 5) is 12.9. The smallest absolute Gasteiger partial charge is 0.335 e. The number of rotatable bonds is 8. The minimum absolute atomic E-state index is 0.0341. The second-order valence-corrected chi connectivity index (χ2v) is 7.45. The van der Waals surface area contributed by atoms with E-state index in [2.05, 4.69) is 20.7 Å². The molecule has 2 N–H and O–H groups in total. The molecule has 8 heteroatoms. The molecule has 0 aliphatic carbocycles. The number of carbonyl (C=O) groups is 1. The van der Waals surface area contributed by atoms with Crippen molar-refractivity contribution in [3.05, 3.63) is 28.2 Å². The molecular weight excluding hydrogens is 360 g/mol. The highest BCUT2D eigenvalue weighted by atomic mass is 79.9. The van der Waals surface area contributed by atoms with Gasteiger partial charge in [0.2, 0.25) is 10.0 Å². The summed E-state index contributed by atoms with van der Waals surface area (Å²) in [6.07, 6.45) is 1.64. The third-order valence-electron chi connectivity index (χ3n) is 2.79. The van der Waals surface area contributed by atoms with Gasteiger partial charge < -0.3 is 10.0 Å². The lowest BCUT2D eigenvalue weighted by Gasteiger charge is -2.11. The zero-order chi connectivity index (χ0) is 16.0. The van der Waals surface area contributed by atoms with Crippen LogP contribution in [0.25, 0.3) is 0 Å². The lowest BCUT2D eigenvalue weighted by atomic mass is 10.2. The summed E-state index contributed by atoms with van der Waals surface area (Å²) in [6.45, 7) is 1.25. The number of nitrogens with zero attached hydrogens (tertiary/aromatic N) is 1. The first-order valence-electron chi connectivity index (χ1n) is 6.41. The molecule has 1 aromatic carbocycles. The minimum Gasteiger partial charge on any atom is -0.478 e. The summed E-state index contributed by atoms with van der Waals surface area (Å²) >= 11 is 3.10. The summed E-state index contributed by atoms with van der Waals surface area (Å²) in [7, 11) is 0.290. The fraction of sp³-hybridized carbons (Fsp3) is 0.462. The van der Waals surface area contributed by atoms with Crippen LogP contribution in [0.4, 0.5) is 0 Å². The Morgan fingerprint density at radius 3 is 2.52 bits per heavy atom. The van der Waals surface area contributed by atoms with Gasteiger partial charge in [-0.1, -0.05) is 0 Å². The molecule has 0 amide bonds. The summed E-state index contributed by atoms with van der Waals surface area (Å²) in [5.74, 6) is -1.10. The summed E-state index contributed by atoms with van der Waals surface area (Å²) < 4.78 is 27.0. The molecule has 0 aromatic heterocycles. The Kier molecular flexibility index (Phi) is 6.79. The summed E-state index contributed by atoms with van der Waals surface area (Å²) in [5, 5.41) is 8.86. The first-order chi connectivity index (χ1) is 9.74. The molecule has 0 saturated carbocycles. The number of hydrogen-bond donors (Lipinski definition) is 2. The molecule has 0 heterocycles. The highest BCUT2D eigenvalue weighted by Gasteiger charge is 2.18. The zero-order valence-corrected chi connectivity index (χ0v) is 14.4. The summed E-state index contributed by atoms with van der Waals surface area (Å²) in [6, 6.07) is 3.84. The Morgan fingerprint density at radius 2 is 2.00 bits per heavy atom. The number of benzene rings is 1. The maximum atomic E-state index is 12.1. The van der Waals surface area contributed by atoms with E-state index in [0.717, 1.165) is 19.4 Å². The predicted molar refractivity (Wildman–Crippen MR) is 84.1 cm³/mol. The topological polar surface area (TPSA) is 86.7 Å². The Labute approximate surface area is 133 Å². The number of carboxylic acids is 1. The molecule has 0 radical (unpaired) electrons. The van der Waals surface area contributed by atoms with Gasteiger partial charge in [0.25, 0.3) is 0 Å². The maximum Gasteiger partial charge on any atom is 0.335 e. The number of nitrogens with one attached hydrogen (secondary N) is 1. The van der Waals surface area contributed by atoms with E-state index in [1.807, 2.05) is 19.0 Å².